The SMILES string of the molecule is [B]OC(=O)C(=C)O/N=C(\C(=O)N[C@@H]1C(=O)N2C(C(=O)O[B])=C(CI)CS(=O)[C@H]12)c1csc(C)n1. The monoisotopic (exact) mass is 614 g/mol. The van der Waals surface area contributed by atoms with Crippen molar-refractivity contribution >= 4 is 90.3 Å². The second kappa shape index (κ2) is 10.8. The fourth-order valence-electron chi connectivity index (χ4n) is 3.09. The molecule has 1 unspecified atom stereocenters. The molecule has 3 heterocycles. The van der Waals surface area contributed by atoms with Gasteiger partial charge in [0, 0.05) is 9.81 Å². The Kier molecular flexibility index (Phi) is 8.29. The standard InChI is InChI=1S/C17H13B2IN4O8S2/c1-6(16(27)30-18)32-23-10(9-4-33-7(2)21-9)13(25)22-11-14(26)24-12(17(28)31-19)8(3-20)5-34(29)15(11)24/h4,11,15H,1,3,5H2,2H3,(H,22,25)/b23-10-/t11-,15-,34?/m1/s1. The molecule has 0 bridgehead atoms. The van der Waals surface area contributed by atoms with Gasteiger partial charge in [-0.15, -0.1) is 11.3 Å². The Hall–Kier alpha value is -2.53. The van der Waals surface area contributed by atoms with Crippen LogP contribution in [0, 0.1) is 6.92 Å². The highest BCUT2D eigenvalue weighted by Gasteiger charge is 2.57. The number of rotatable bonds is 8. The third-order valence-corrected chi connectivity index (χ3v) is 7.96. The number of alkyl halides is 1. The molecule has 1 saturated heterocycles. The fraction of sp³-hybridized carbons (Fsp3) is 0.294. The highest BCUT2D eigenvalue weighted by Crippen LogP contribution is 2.35. The van der Waals surface area contributed by atoms with Gasteiger partial charge in [-0.3, -0.25) is 18.7 Å². The summed E-state index contributed by atoms with van der Waals surface area (Å²) in [6.07, 6.45) is 0. The van der Waals surface area contributed by atoms with Crippen LogP contribution < -0.4 is 5.32 Å². The number of oxime groups is 1. The second-order valence-electron chi connectivity index (χ2n) is 6.68. The number of β-lactam (4-membered cyclic amide) rings is 1. The van der Waals surface area contributed by atoms with Gasteiger partial charge in [0.1, 0.15) is 22.8 Å². The first kappa shape index (κ1) is 26.1. The van der Waals surface area contributed by atoms with E-state index in [1.165, 1.54) is 16.7 Å². The number of carbonyl (C=O) groups excluding carboxylic acids is 4. The molecule has 0 spiro atoms. The molecule has 17 heteroatoms. The van der Waals surface area contributed by atoms with Crippen LogP contribution in [-0.4, -0.2) is 81.3 Å². The van der Waals surface area contributed by atoms with Gasteiger partial charge in [0.2, 0.25) is 5.76 Å². The molecule has 174 valence electrons. The van der Waals surface area contributed by atoms with E-state index < -0.39 is 57.4 Å². The number of nitrogens with one attached hydrogen (secondary N) is 1. The first-order valence-corrected chi connectivity index (χ1v) is 12.9. The quantitative estimate of drug-likeness (QED) is 0.0571. The molecule has 2 aliphatic heterocycles. The van der Waals surface area contributed by atoms with Crippen molar-refractivity contribution in [2.45, 2.75) is 18.3 Å². The lowest BCUT2D eigenvalue weighted by atomic mass is 10.0. The van der Waals surface area contributed by atoms with Crippen molar-refractivity contribution in [2.75, 3.05) is 10.2 Å². The van der Waals surface area contributed by atoms with Crippen LogP contribution in [0.15, 0.2) is 34.1 Å². The van der Waals surface area contributed by atoms with Gasteiger partial charge >= 0.3 is 28.0 Å². The van der Waals surface area contributed by atoms with E-state index in [1.54, 1.807) is 6.92 Å². The second-order valence-corrected chi connectivity index (χ2v) is 10.0. The Bertz CT molecular complexity index is 1170. The maximum atomic E-state index is 13.0. The fourth-order valence-corrected chi connectivity index (χ4v) is 6.37. The van der Waals surface area contributed by atoms with Crippen LogP contribution in [-0.2, 0) is 44.1 Å². The summed E-state index contributed by atoms with van der Waals surface area (Å²) in [5.74, 6) is -4.31. The molecule has 2 aliphatic rings. The molecule has 1 N–H and O–H groups in total. The van der Waals surface area contributed by atoms with Gasteiger partial charge in [0.05, 0.1) is 21.6 Å². The summed E-state index contributed by atoms with van der Waals surface area (Å²) >= 11 is 3.17. The van der Waals surface area contributed by atoms with Crippen LogP contribution in [0.2, 0.25) is 0 Å². The molecule has 34 heavy (non-hydrogen) atoms. The zero-order valence-electron chi connectivity index (χ0n) is 17.3. The smallest absolute Gasteiger partial charge is 0.379 e. The minimum Gasteiger partial charge on any atom is -0.539 e. The van der Waals surface area contributed by atoms with Gasteiger partial charge in [0.15, 0.2) is 5.71 Å². The van der Waals surface area contributed by atoms with Gasteiger partial charge in [-0.05, 0) is 19.1 Å². The molecule has 1 aromatic rings. The predicted octanol–water partition coefficient (Wildman–Crippen LogP) is -0.956. The molecule has 0 saturated carbocycles. The third-order valence-electron chi connectivity index (χ3n) is 4.61. The Balaban J connectivity index is 1.86. The van der Waals surface area contributed by atoms with Crippen molar-refractivity contribution in [1.82, 2.24) is 15.2 Å². The van der Waals surface area contributed by atoms with Crippen molar-refractivity contribution in [3.05, 3.63) is 39.7 Å². The van der Waals surface area contributed by atoms with E-state index in [0.29, 0.717) is 15.0 Å². The molecular formula is C17H13B2IN4O8S2. The minimum atomic E-state index is -1.63. The maximum Gasteiger partial charge on any atom is 0.379 e. The first-order chi connectivity index (χ1) is 16.1. The van der Waals surface area contributed by atoms with Crippen LogP contribution in [0.1, 0.15) is 10.7 Å². The number of fused-ring (bicyclic) bond motifs is 1. The zero-order valence-corrected chi connectivity index (χ0v) is 21.1. The van der Waals surface area contributed by atoms with Crippen LogP contribution >= 0.6 is 33.9 Å². The van der Waals surface area contributed by atoms with Crippen molar-refractivity contribution in [3.8, 4) is 0 Å². The highest BCUT2D eigenvalue weighted by molar-refractivity contribution is 14.1. The maximum absolute atomic E-state index is 13.0. The number of nitrogens with zero attached hydrogens (tertiary/aromatic N) is 3. The molecule has 3 rings (SSSR count). The van der Waals surface area contributed by atoms with Crippen molar-refractivity contribution in [2.24, 2.45) is 5.16 Å². The topological polar surface area (TPSA) is 154 Å². The van der Waals surface area contributed by atoms with Gasteiger partial charge in [0.25, 0.3) is 11.8 Å². The highest BCUT2D eigenvalue weighted by atomic mass is 127. The molecule has 1 fully saturated rings. The molecule has 1 aromatic heterocycles. The number of halogens is 1. The zero-order chi connectivity index (χ0) is 25.2. The predicted molar refractivity (Wildman–Crippen MR) is 129 cm³/mol. The van der Waals surface area contributed by atoms with E-state index in [-0.39, 0.29) is 17.1 Å². The average Bonchev–Trinajstić information content (AvgIpc) is 3.26. The number of hydrogen-bond acceptors (Lipinski definition) is 11. The largest absolute Gasteiger partial charge is 0.539 e. The Morgan fingerprint density at radius 1 is 1.41 bits per heavy atom. The third kappa shape index (κ3) is 4.95. The molecule has 3 atom stereocenters. The molecule has 0 aliphatic carbocycles. The van der Waals surface area contributed by atoms with E-state index in [0.717, 1.165) is 4.90 Å². The normalized spacial score (nSPS) is 21.8. The van der Waals surface area contributed by atoms with E-state index in [9.17, 15) is 23.4 Å². The summed E-state index contributed by atoms with van der Waals surface area (Å²) in [5, 5.41) is 7.11. The van der Waals surface area contributed by atoms with Gasteiger partial charge in [-0.25, -0.2) is 14.6 Å². The van der Waals surface area contributed by atoms with Crippen molar-refractivity contribution in [3.63, 3.8) is 0 Å². The van der Waals surface area contributed by atoms with Crippen LogP contribution in [0.4, 0.5) is 0 Å². The lowest BCUT2D eigenvalue weighted by molar-refractivity contribution is -0.149. The van der Waals surface area contributed by atoms with Gasteiger partial charge in [-0.2, -0.15) is 0 Å². The number of thiazole rings is 1. The summed E-state index contributed by atoms with van der Waals surface area (Å²) in [6, 6.07) is -1.24. The molecule has 0 aromatic carbocycles. The first-order valence-electron chi connectivity index (χ1n) is 9.12. The Labute approximate surface area is 215 Å². The Morgan fingerprint density at radius 3 is 2.68 bits per heavy atom. The Morgan fingerprint density at radius 2 is 2.12 bits per heavy atom. The van der Waals surface area contributed by atoms with E-state index >= 15 is 0 Å². The lowest BCUT2D eigenvalue weighted by Crippen LogP contribution is -2.74. The number of aromatic nitrogens is 1. The number of amides is 2. The molecular weight excluding hydrogens is 601 g/mol. The lowest BCUT2D eigenvalue weighted by Gasteiger charge is -2.49. The number of hydrogen-bond donors (Lipinski definition) is 1. The summed E-state index contributed by atoms with van der Waals surface area (Å²) in [5.41, 5.74) is 0.0265. The van der Waals surface area contributed by atoms with Crippen molar-refractivity contribution < 1.29 is 37.5 Å². The summed E-state index contributed by atoms with van der Waals surface area (Å²) in [6.45, 7) is 4.96. The van der Waals surface area contributed by atoms with E-state index in [2.05, 4.69) is 31.3 Å². The molecule has 12 nitrogen and oxygen atoms in total. The number of aryl methyl sites for hydroxylation is 1. The van der Waals surface area contributed by atoms with Crippen molar-refractivity contribution in [1.29, 1.82) is 0 Å². The summed E-state index contributed by atoms with van der Waals surface area (Å²) in [4.78, 5) is 59.3. The van der Waals surface area contributed by atoms with Crippen LogP contribution in [0.3, 0.4) is 0 Å². The van der Waals surface area contributed by atoms with E-state index in [4.69, 9.17) is 20.9 Å². The average molecular weight is 614 g/mol. The van der Waals surface area contributed by atoms with Gasteiger partial charge in [-0.1, -0.05) is 27.7 Å². The molecule has 2 amide bonds. The van der Waals surface area contributed by atoms with E-state index in [1.807, 2.05) is 22.6 Å². The molecule has 4 radical (unpaired) electrons. The summed E-state index contributed by atoms with van der Waals surface area (Å²) in [7, 11) is 8.11. The summed E-state index contributed by atoms with van der Waals surface area (Å²) < 4.78 is 21.3. The van der Waals surface area contributed by atoms with Crippen LogP contribution in [0.25, 0.3) is 0 Å². The minimum absolute atomic E-state index is 0.00937. The number of carbonyl (C=O) groups is 4. The van der Waals surface area contributed by atoms with Crippen LogP contribution in [0.5, 0.6) is 0 Å². The van der Waals surface area contributed by atoms with Gasteiger partial charge < -0.3 is 19.5 Å².